The lowest BCUT2D eigenvalue weighted by molar-refractivity contribution is 0.667. The molecule has 118 valence electrons. The first-order valence-electron chi connectivity index (χ1n) is 8.66. The van der Waals surface area contributed by atoms with Crippen molar-refractivity contribution in [1.82, 2.24) is 0 Å². The SMILES string of the molecule is CCCCCCc1ccccc1-c1ccc2ccccc2c1N. The maximum atomic E-state index is 6.50. The molecular formula is C22H25N. The Morgan fingerprint density at radius 2 is 1.52 bits per heavy atom. The predicted octanol–water partition coefficient (Wildman–Crippen LogP) is 6.21. The second-order valence-corrected chi connectivity index (χ2v) is 6.22. The van der Waals surface area contributed by atoms with Crippen LogP contribution in [0.2, 0.25) is 0 Å². The highest BCUT2D eigenvalue weighted by molar-refractivity contribution is 6.00. The molecule has 3 rings (SSSR count). The number of hydrogen-bond acceptors (Lipinski definition) is 1. The van der Waals surface area contributed by atoms with Gasteiger partial charge in [-0.1, -0.05) is 86.8 Å². The first-order valence-corrected chi connectivity index (χ1v) is 8.66. The van der Waals surface area contributed by atoms with Crippen molar-refractivity contribution < 1.29 is 0 Å². The summed E-state index contributed by atoms with van der Waals surface area (Å²) in [5, 5.41) is 2.35. The maximum absolute atomic E-state index is 6.50. The van der Waals surface area contributed by atoms with Gasteiger partial charge in [0, 0.05) is 16.6 Å². The fraction of sp³-hybridized carbons (Fsp3) is 0.273. The molecule has 0 aromatic heterocycles. The number of rotatable bonds is 6. The second kappa shape index (κ2) is 7.32. The minimum atomic E-state index is 0.893. The van der Waals surface area contributed by atoms with Crippen LogP contribution in [-0.4, -0.2) is 0 Å². The first-order chi connectivity index (χ1) is 11.3. The molecule has 0 aliphatic rings. The number of anilines is 1. The van der Waals surface area contributed by atoms with E-state index in [1.54, 1.807) is 0 Å². The van der Waals surface area contributed by atoms with Crippen molar-refractivity contribution in [3.8, 4) is 11.1 Å². The van der Waals surface area contributed by atoms with E-state index in [1.807, 2.05) is 0 Å². The number of hydrogen-bond donors (Lipinski definition) is 1. The van der Waals surface area contributed by atoms with Gasteiger partial charge >= 0.3 is 0 Å². The van der Waals surface area contributed by atoms with Gasteiger partial charge in [-0.25, -0.2) is 0 Å². The number of nitrogen functional groups attached to an aromatic ring is 1. The quantitative estimate of drug-likeness (QED) is 0.425. The lowest BCUT2D eigenvalue weighted by Gasteiger charge is -2.14. The smallest absolute Gasteiger partial charge is 0.0473 e. The molecule has 1 nitrogen and oxygen atoms in total. The topological polar surface area (TPSA) is 26.0 Å². The molecule has 0 radical (unpaired) electrons. The van der Waals surface area contributed by atoms with Gasteiger partial charge in [-0.3, -0.25) is 0 Å². The van der Waals surface area contributed by atoms with Gasteiger partial charge in [-0.2, -0.15) is 0 Å². The molecule has 0 spiro atoms. The van der Waals surface area contributed by atoms with Crippen LogP contribution in [0.5, 0.6) is 0 Å². The number of unbranched alkanes of at least 4 members (excludes halogenated alkanes) is 3. The summed E-state index contributed by atoms with van der Waals surface area (Å²) in [6, 6.07) is 21.4. The monoisotopic (exact) mass is 303 g/mol. The highest BCUT2D eigenvalue weighted by atomic mass is 14.6. The Morgan fingerprint density at radius 1 is 0.739 bits per heavy atom. The van der Waals surface area contributed by atoms with Gasteiger partial charge in [0.1, 0.15) is 0 Å². The van der Waals surface area contributed by atoms with Crippen molar-refractivity contribution in [3.05, 3.63) is 66.2 Å². The summed E-state index contributed by atoms with van der Waals surface area (Å²) in [5.74, 6) is 0. The molecule has 0 heterocycles. The van der Waals surface area contributed by atoms with Crippen molar-refractivity contribution in [2.45, 2.75) is 39.0 Å². The van der Waals surface area contributed by atoms with Crippen molar-refractivity contribution in [1.29, 1.82) is 0 Å². The van der Waals surface area contributed by atoms with E-state index < -0.39 is 0 Å². The zero-order chi connectivity index (χ0) is 16.1. The summed E-state index contributed by atoms with van der Waals surface area (Å²) in [5.41, 5.74) is 11.2. The molecule has 0 fully saturated rings. The van der Waals surface area contributed by atoms with Gasteiger partial charge in [0.05, 0.1) is 0 Å². The van der Waals surface area contributed by atoms with Crippen molar-refractivity contribution in [3.63, 3.8) is 0 Å². The molecule has 1 heteroatoms. The van der Waals surface area contributed by atoms with E-state index in [2.05, 4.69) is 67.6 Å². The van der Waals surface area contributed by atoms with Crippen molar-refractivity contribution >= 4 is 16.5 Å². The summed E-state index contributed by atoms with van der Waals surface area (Å²) >= 11 is 0. The highest BCUT2D eigenvalue weighted by Gasteiger charge is 2.10. The molecule has 3 aromatic carbocycles. The molecule has 0 unspecified atom stereocenters. The van der Waals surface area contributed by atoms with Crippen molar-refractivity contribution in [2.24, 2.45) is 0 Å². The zero-order valence-corrected chi connectivity index (χ0v) is 13.9. The Bertz CT molecular complexity index is 789. The van der Waals surface area contributed by atoms with Gasteiger partial charge in [-0.15, -0.1) is 0 Å². The van der Waals surface area contributed by atoms with E-state index in [4.69, 9.17) is 5.73 Å². The predicted molar refractivity (Wildman–Crippen MR) is 102 cm³/mol. The highest BCUT2D eigenvalue weighted by Crippen LogP contribution is 2.34. The Balaban J connectivity index is 1.97. The second-order valence-electron chi connectivity index (χ2n) is 6.22. The summed E-state index contributed by atoms with van der Waals surface area (Å²) in [7, 11) is 0. The van der Waals surface area contributed by atoms with E-state index in [0.29, 0.717) is 0 Å². The van der Waals surface area contributed by atoms with Gasteiger partial charge < -0.3 is 5.73 Å². The summed E-state index contributed by atoms with van der Waals surface area (Å²) in [6.07, 6.45) is 6.28. The average molecular weight is 303 g/mol. The molecule has 0 atom stereocenters. The molecule has 0 aliphatic heterocycles. The van der Waals surface area contributed by atoms with Crippen LogP contribution in [-0.2, 0) is 6.42 Å². The molecule has 3 aromatic rings. The lowest BCUT2D eigenvalue weighted by Crippen LogP contribution is -1.96. The average Bonchev–Trinajstić information content (AvgIpc) is 2.60. The van der Waals surface area contributed by atoms with E-state index in [1.165, 1.54) is 42.2 Å². The normalized spacial score (nSPS) is 11.0. The van der Waals surface area contributed by atoms with Crippen LogP contribution < -0.4 is 5.73 Å². The summed E-state index contributed by atoms with van der Waals surface area (Å²) in [6.45, 7) is 2.25. The van der Waals surface area contributed by atoms with Gasteiger partial charge in [0.2, 0.25) is 0 Å². The molecule has 0 saturated heterocycles. The lowest BCUT2D eigenvalue weighted by atomic mass is 9.93. The van der Waals surface area contributed by atoms with Crippen LogP contribution >= 0.6 is 0 Å². The Morgan fingerprint density at radius 3 is 2.39 bits per heavy atom. The third kappa shape index (κ3) is 3.39. The minimum absolute atomic E-state index is 0.893. The Hall–Kier alpha value is -2.28. The fourth-order valence-corrected chi connectivity index (χ4v) is 3.27. The molecule has 0 aliphatic carbocycles. The van der Waals surface area contributed by atoms with Crippen molar-refractivity contribution in [2.75, 3.05) is 5.73 Å². The van der Waals surface area contributed by atoms with Crippen LogP contribution in [0.1, 0.15) is 38.2 Å². The molecule has 0 saturated carbocycles. The molecule has 0 amide bonds. The van der Waals surface area contributed by atoms with E-state index in [9.17, 15) is 0 Å². The van der Waals surface area contributed by atoms with Crippen LogP contribution in [0.3, 0.4) is 0 Å². The summed E-state index contributed by atoms with van der Waals surface area (Å²) < 4.78 is 0. The van der Waals surface area contributed by atoms with Crippen LogP contribution in [0, 0.1) is 0 Å². The standard InChI is InChI=1S/C22H25N/c1-2-3-4-5-10-17-11-6-8-13-19(17)21-16-15-18-12-7-9-14-20(18)22(21)23/h6-9,11-16H,2-5,10,23H2,1H3. The third-order valence-electron chi connectivity index (χ3n) is 4.58. The molecule has 0 bridgehead atoms. The minimum Gasteiger partial charge on any atom is -0.398 e. The Kier molecular flexibility index (Phi) is 4.97. The van der Waals surface area contributed by atoms with Gasteiger partial charge in [0.15, 0.2) is 0 Å². The molecule has 2 N–H and O–H groups in total. The van der Waals surface area contributed by atoms with Gasteiger partial charge in [0.25, 0.3) is 0 Å². The number of fused-ring (bicyclic) bond motifs is 1. The van der Waals surface area contributed by atoms with E-state index in [-0.39, 0.29) is 0 Å². The number of nitrogens with two attached hydrogens (primary N) is 1. The number of benzene rings is 3. The summed E-state index contributed by atoms with van der Waals surface area (Å²) in [4.78, 5) is 0. The molecule has 23 heavy (non-hydrogen) atoms. The zero-order valence-electron chi connectivity index (χ0n) is 13.9. The first kappa shape index (κ1) is 15.6. The maximum Gasteiger partial charge on any atom is 0.0473 e. The third-order valence-corrected chi connectivity index (χ3v) is 4.58. The van der Waals surface area contributed by atoms with Gasteiger partial charge in [-0.05, 0) is 29.4 Å². The Labute approximate surface area is 139 Å². The van der Waals surface area contributed by atoms with Crippen LogP contribution in [0.15, 0.2) is 60.7 Å². The largest absolute Gasteiger partial charge is 0.398 e. The fourth-order valence-electron chi connectivity index (χ4n) is 3.27. The van der Waals surface area contributed by atoms with Crippen LogP contribution in [0.25, 0.3) is 21.9 Å². The van der Waals surface area contributed by atoms with E-state index >= 15 is 0 Å². The number of aryl methyl sites for hydroxylation is 1. The van der Waals surface area contributed by atoms with E-state index in [0.717, 1.165) is 23.1 Å². The molecular weight excluding hydrogens is 278 g/mol. The van der Waals surface area contributed by atoms with Crippen LogP contribution in [0.4, 0.5) is 5.69 Å².